The Morgan fingerprint density at radius 3 is 2.52 bits per heavy atom. The molecule has 1 N–H and O–H groups in total. The molecule has 0 spiro atoms. The fraction of sp³-hybridized carbons (Fsp3) is 0.0625. The van der Waals surface area contributed by atoms with Crippen LogP contribution in [0.1, 0.15) is 10.4 Å². The number of rotatable bonds is 5. The van der Waals surface area contributed by atoms with Gasteiger partial charge in [-0.15, -0.1) is 0 Å². The molecule has 0 aromatic heterocycles. The number of anilines is 1. The summed E-state index contributed by atoms with van der Waals surface area (Å²) >= 11 is 11.9. The third-order valence-corrected chi connectivity index (χ3v) is 3.62. The van der Waals surface area contributed by atoms with Crippen LogP contribution in [0.25, 0.3) is 0 Å². The Kier molecular flexibility index (Phi) is 5.26. The molecule has 2 rings (SSSR count). The molecule has 2 aromatic rings. The van der Waals surface area contributed by atoms with Gasteiger partial charge in [0.15, 0.2) is 5.78 Å². The van der Waals surface area contributed by atoms with Crippen molar-refractivity contribution in [2.45, 2.75) is 0 Å². The van der Waals surface area contributed by atoms with Crippen LogP contribution in [0.2, 0.25) is 10.0 Å². The van der Waals surface area contributed by atoms with Crippen LogP contribution in [0.5, 0.6) is 5.75 Å². The largest absolute Gasteiger partial charge is 0.497 e. The summed E-state index contributed by atoms with van der Waals surface area (Å²) in [5.41, 5.74) is 1.22. The molecule has 5 heteroatoms. The number of benzene rings is 2. The molecule has 0 aliphatic heterocycles. The molecule has 2 aromatic carbocycles. The summed E-state index contributed by atoms with van der Waals surface area (Å²) in [4.78, 5) is 12.0. The van der Waals surface area contributed by atoms with Crippen molar-refractivity contribution < 1.29 is 9.53 Å². The maximum atomic E-state index is 12.0. The summed E-state index contributed by atoms with van der Waals surface area (Å²) in [6.45, 7) is 0. The second-order valence-corrected chi connectivity index (χ2v) is 4.96. The minimum absolute atomic E-state index is 0.122. The number of carbonyl (C=O) groups excluding carboxylic acids is 1. The zero-order valence-electron chi connectivity index (χ0n) is 11.3. The minimum atomic E-state index is -0.122. The molecule has 0 saturated carbocycles. The van der Waals surface area contributed by atoms with E-state index in [-0.39, 0.29) is 5.78 Å². The lowest BCUT2D eigenvalue weighted by atomic mass is 10.1. The van der Waals surface area contributed by atoms with Crippen LogP contribution in [0.15, 0.2) is 54.7 Å². The van der Waals surface area contributed by atoms with Crippen LogP contribution in [-0.4, -0.2) is 12.9 Å². The molecule has 21 heavy (non-hydrogen) atoms. The average molecular weight is 322 g/mol. The minimum Gasteiger partial charge on any atom is -0.497 e. The Morgan fingerprint density at radius 2 is 1.86 bits per heavy atom. The predicted octanol–water partition coefficient (Wildman–Crippen LogP) is 4.81. The highest BCUT2D eigenvalue weighted by atomic mass is 35.5. The van der Waals surface area contributed by atoms with Gasteiger partial charge in [-0.2, -0.15) is 0 Å². The van der Waals surface area contributed by atoms with E-state index in [1.165, 1.54) is 12.3 Å². The third-order valence-electron chi connectivity index (χ3n) is 2.80. The van der Waals surface area contributed by atoms with Gasteiger partial charge in [-0.05, 0) is 36.4 Å². The number of carbonyl (C=O) groups is 1. The average Bonchev–Trinajstić information content (AvgIpc) is 2.51. The standard InChI is InChI=1S/C16H13Cl2NO2/c1-21-12-7-5-11(6-8-12)15(20)9-10-19-14-4-2-3-13(17)16(14)18/h2-10,19H,1H3/b10-9+. The first kappa shape index (κ1) is 15.4. The van der Waals surface area contributed by atoms with E-state index < -0.39 is 0 Å². The van der Waals surface area contributed by atoms with Crippen molar-refractivity contribution in [2.75, 3.05) is 12.4 Å². The molecular formula is C16H13Cl2NO2. The van der Waals surface area contributed by atoms with E-state index in [2.05, 4.69) is 5.32 Å². The first-order valence-electron chi connectivity index (χ1n) is 6.17. The molecule has 0 aliphatic rings. The van der Waals surface area contributed by atoms with E-state index in [0.29, 0.717) is 27.0 Å². The molecule has 0 heterocycles. The Bertz CT molecular complexity index is 666. The number of nitrogens with one attached hydrogen (secondary N) is 1. The van der Waals surface area contributed by atoms with Crippen molar-refractivity contribution >= 4 is 34.7 Å². The number of hydrogen-bond acceptors (Lipinski definition) is 3. The van der Waals surface area contributed by atoms with Crippen molar-refractivity contribution in [1.29, 1.82) is 0 Å². The lowest BCUT2D eigenvalue weighted by Gasteiger charge is -2.04. The summed E-state index contributed by atoms with van der Waals surface area (Å²) < 4.78 is 5.04. The number of methoxy groups -OCH3 is 1. The Balaban J connectivity index is 2.03. The Hall–Kier alpha value is -1.97. The molecule has 0 radical (unpaired) electrons. The predicted molar refractivity (Wildman–Crippen MR) is 86.5 cm³/mol. The van der Waals surface area contributed by atoms with Crippen LogP contribution in [0.4, 0.5) is 5.69 Å². The topological polar surface area (TPSA) is 38.3 Å². The number of halogens is 2. The van der Waals surface area contributed by atoms with Gasteiger partial charge >= 0.3 is 0 Å². The van der Waals surface area contributed by atoms with E-state index in [1.54, 1.807) is 49.6 Å². The van der Waals surface area contributed by atoms with Crippen LogP contribution >= 0.6 is 23.2 Å². The van der Waals surface area contributed by atoms with Gasteiger partial charge in [0.1, 0.15) is 5.75 Å². The fourth-order valence-corrected chi connectivity index (χ4v) is 2.03. The van der Waals surface area contributed by atoms with Gasteiger partial charge in [0.05, 0.1) is 22.8 Å². The maximum Gasteiger partial charge on any atom is 0.187 e. The van der Waals surface area contributed by atoms with Crippen LogP contribution in [-0.2, 0) is 0 Å². The van der Waals surface area contributed by atoms with Gasteiger partial charge in [0.2, 0.25) is 0 Å². The lowest BCUT2D eigenvalue weighted by molar-refractivity contribution is 0.104. The monoisotopic (exact) mass is 321 g/mol. The highest BCUT2D eigenvalue weighted by molar-refractivity contribution is 6.43. The maximum absolute atomic E-state index is 12.0. The molecule has 0 bridgehead atoms. The summed E-state index contributed by atoms with van der Waals surface area (Å²) in [5.74, 6) is 0.586. The van der Waals surface area contributed by atoms with Crippen molar-refractivity contribution in [3.05, 3.63) is 70.3 Å². The van der Waals surface area contributed by atoms with Gasteiger partial charge in [0, 0.05) is 17.8 Å². The fourth-order valence-electron chi connectivity index (χ4n) is 1.67. The summed E-state index contributed by atoms with van der Waals surface area (Å²) in [6, 6.07) is 12.1. The van der Waals surface area contributed by atoms with Crippen LogP contribution < -0.4 is 10.1 Å². The highest BCUT2D eigenvalue weighted by Crippen LogP contribution is 2.29. The molecule has 0 aliphatic carbocycles. The number of ether oxygens (including phenoxy) is 1. The molecular weight excluding hydrogens is 309 g/mol. The van der Waals surface area contributed by atoms with Gasteiger partial charge in [-0.1, -0.05) is 29.3 Å². The first-order valence-corrected chi connectivity index (χ1v) is 6.93. The molecule has 0 atom stereocenters. The van der Waals surface area contributed by atoms with Crippen molar-refractivity contribution in [3.8, 4) is 5.75 Å². The third kappa shape index (κ3) is 4.00. The number of allylic oxidation sites excluding steroid dienone is 1. The Labute approximate surface area is 133 Å². The van der Waals surface area contributed by atoms with Gasteiger partial charge in [-0.25, -0.2) is 0 Å². The molecule has 0 unspecified atom stereocenters. The van der Waals surface area contributed by atoms with E-state index in [0.717, 1.165) is 0 Å². The highest BCUT2D eigenvalue weighted by Gasteiger charge is 2.03. The van der Waals surface area contributed by atoms with Crippen molar-refractivity contribution in [1.82, 2.24) is 0 Å². The number of hydrogen-bond donors (Lipinski definition) is 1. The normalized spacial score (nSPS) is 10.6. The van der Waals surface area contributed by atoms with Crippen molar-refractivity contribution in [3.63, 3.8) is 0 Å². The summed E-state index contributed by atoms with van der Waals surface area (Å²) in [7, 11) is 1.58. The zero-order valence-corrected chi connectivity index (χ0v) is 12.8. The van der Waals surface area contributed by atoms with E-state index in [4.69, 9.17) is 27.9 Å². The van der Waals surface area contributed by atoms with Crippen molar-refractivity contribution in [2.24, 2.45) is 0 Å². The SMILES string of the molecule is COc1ccc(C(=O)/C=C/Nc2cccc(Cl)c2Cl)cc1. The van der Waals surface area contributed by atoms with E-state index >= 15 is 0 Å². The molecule has 108 valence electrons. The van der Waals surface area contributed by atoms with E-state index in [9.17, 15) is 4.79 Å². The van der Waals surface area contributed by atoms with Gasteiger partial charge in [0.25, 0.3) is 0 Å². The first-order chi connectivity index (χ1) is 10.1. The van der Waals surface area contributed by atoms with E-state index in [1.807, 2.05) is 0 Å². The summed E-state index contributed by atoms with van der Waals surface area (Å²) in [5, 5.41) is 3.81. The zero-order chi connectivity index (χ0) is 15.2. The second kappa shape index (κ2) is 7.16. The quantitative estimate of drug-likeness (QED) is 0.634. The van der Waals surface area contributed by atoms with Gasteiger partial charge in [-0.3, -0.25) is 4.79 Å². The number of ketones is 1. The lowest BCUT2D eigenvalue weighted by Crippen LogP contribution is -1.96. The summed E-state index contributed by atoms with van der Waals surface area (Å²) in [6.07, 6.45) is 2.96. The van der Waals surface area contributed by atoms with Crippen LogP contribution in [0.3, 0.4) is 0 Å². The molecule has 0 saturated heterocycles. The van der Waals surface area contributed by atoms with Crippen LogP contribution in [0, 0.1) is 0 Å². The molecule has 3 nitrogen and oxygen atoms in total. The Morgan fingerprint density at radius 1 is 1.14 bits per heavy atom. The van der Waals surface area contributed by atoms with Gasteiger partial charge < -0.3 is 10.1 Å². The molecule has 0 fully saturated rings. The smallest absolute Gasteiger partial charge is 0.187 e. The second-order valence-electron chi connectivity index (χ2n) is 4.17. The molecule has 0 amide bonds.